The molecule has 1 fully saturated rings. The van der Waals surface area contributed by atoms with E-state index in [0.717, 1.165) is 26.1 Å². The maximum Gasteiger partial charge on any atom is 0.254 e. The number of benzene rings is 1. The molecule has 98 valence electrons. The highest BCUT2D eigenvalue weighted by Gasteiger charge is 2.17. The second-order valence-corrected chi connectivity index (χ2v) is 5.23. The molecule has 1 atom stereocenters. The fourth-order valence-electron chi connectivity index (χ4n) is 1.98. The first-order valence-corrected chi connectivity index (χ1v) is 6.77. The van der Waals surface area contributed by atoms with Gasteiger partial charge in [0.25, 0.3) is 5.91 Å². The van der Waals surface area contributed by atoms with Crippen molar-refractivity contribution in [2.75, 3.05) is 19.8 Å². The first-order valence-electron chi connectivity index (χ1n) is 5.98. The average Bonchev–Trinajstić information content (AvgIpc) is 2.85. The summed E-state index contributed by atoms with van der Waals surface area (Å²) in [6.07, 6.45) is 1.92. The number of hydrogen-bond acceptors (Lipinski definition) is 2. The molecule has 5 heteroatoms. The van der Waals surface area contributed by atoms with E-state index >= 15 is 0 Å². The van der Waals surface area contributed by atoms with Crippen molar-refractivity contribution in [1.29, 1.82) is 0 Å². The predicted octanol–water partition coefficient (Wildman–Crippen LogP) is 2.74. The molecule has 2 rings (SSSR count). The van der Waals surface area contributed by atoms with Crippen LogP contribution >= 0.6 is 15.9 Å². The molecule has 1 aromatic rings. The van der Waals surface area contributed by atoms with Gasteiger partial charge < -0.3 is 10.1 Å². The minimum atomic E-state index is -0.515. The Morgan fingerprint density at radius 1 is 1.56 bits per heavy atom. The van der Waals surface area contributed by atoms with Crippen molar-refractivity contribution in [1.82, 2.24) is 5.32 Å². The minimum absolute atomic E-state index is 0.0760. The molecule has 1 aromatic carbocycles. The second kappa shape index (κ2) is 6.29. The van der Waals surface area contributed by atoms with Gasteiger partial charge in [-0.25, -0.2) is 4.39 Å². The van der Waals surface area contributed by atoms with Crippen LogP contribution in [0, 0.1) is 11.7 Å². The highest BCUT2D eigenvalue weighted by Crippen LogP contribution is 2.19. The summed E-state index contributed by atoms with van der Waals surface area (Å²) < 4.78 is 19.2. The summed E-state index contributed by atoms with van der Waals surface area (Å²) in [7, 11) is 0. The number of halogens is 2. The summed E-state index contributed by atoms with van der Waals surface area (Å²) in [5.41, 5.74) is 0.0760. The highest BCUT2D eigenvalue weighted by molar-refractivity contribution is 9.10. The molecule has 0 aromatic heterocycles. The first kappa shape index (κ1) is 13.5. The Morgan fingerprint density at radius 3 is 3.11 bits per heavy atom. The lowest BCUT2D eigenvalue weighted by Gasteiger charge is -2.09. The van der Waals surface area contributed by atoms with Gasteiger partial charge in [-0.2, -0.15) is 0 Å². The molecule has 1 amide bonds. The Bertz CT molecular complexity index is 433. The molecule has 0 bridgehead atoms. The van der Waals surface area contributed by atoms with Gasteiger partial charge in [0, 0.05) is 19.8 Å². The van der Waals surface area contributed by atoms with Crippen LogP contribution in [0.3, 0.4) is 0 Å². The van der Waals surface area contributed by atoms with Crippen molar-refractivity contribution in [3.05, 3.63) is 34.1 Å². The number of amides is 1. The van der Waals surface area contributed by atoms with E-state index in [-0.39, 0.29) is 11.5 Å². The molecule has 18 heavy (non-hydrogen) atoms. The molecular formula is C13H15BrFNO2. The number of nitrogens with one attached hydrogen (secondary N) is 1. The summed E-state index contributed by atoms with van der Waals surface area (Å²) in [5.74, 6) is -0.371. The molecule has 1 saturated heterocycles. The molecule has 0 spiro atoms. The summed E-state index contributed by atoms with van der Waals surface area (Å²) in [4.78, 5) is 11.8. The zero-order valence-corrected chi connectivity index (χ0v) is 11.5. The molecule has 0 aliphatic carbocycles. The van der Waals surface area contributed by atoms with Crippen LogP contribution < -0.4 is 5.32 Å². The van der Waals surface area contributed by atoms with Crippen LogP contribution in [-0.2, 0) is 4.74 Å². The molecule has 0 radical (unpaired) electrons. The van der Waals surface area contributed by atoms with Crippen molar-refractivity contribution in [2.24, 2.45) is 5.92 Å². The largest absolute Gasteiger partial charge is 0.381 e. The number of hydrogen-bond donors (Lipinski definition) is 1. The van der Waals surface area contributed by atoms with Crippen LogP contribution in [0.1, 0.15) is 23.2 Å². The zero-order valence-electron chi connectivity index (χ0n) is 9.92. The molecule has 1 heterocycles. The van der Waals surface area contributed by atoms with Crippen molar-refractivity contribution in [2.45, 2.75) is 12.8 Å². The average molecular weight is 316 g/mol. The van der Waals surface area contributed by atoms with Crippen molar-refractivity contribution < 1.29 is 13.9 Å². The fraction of sp³-hybridized carbons (Fsp3) is 0.462. The topological polar surface area (TPSA) is 38.3 Å². The predicted molar refractivity (Wildman–Crippen MR) is 70.0 cm³/mol. The third-order valence-corrected chi connectivity index (χ3v) is 3.67. The second-order valence-electron chi connectivity index (χ2n) is 4.38. The van der Waals surface area contributed by atoms with Gasteiger partial charge >= 0.3 is 0 Å². The smallest absolute Gasteiger partial charge is 0.254 e. The molecular weight excluding hydrogens is 301 g/mol. The summed E-state index contributed by atoms with van der Waals surface area (Å²) in [5, 5.41) is 2.74. The Kier molecular flexibility index (Phi) is 4.72. The Balaban J connectivity index is 1.85. The monoisotopic (exact) mass is 315 g/mol. The molecule has 1 unspecified atom stereocenters. The van der Waals surface area contributed by atoms with E-state index in [1.54, 1.807) is 12.1 Å². The number of carbonyl (C=O) groups is 1. The Labute approximate surface area is 114 Å². The number of carbonyl (C=O) groups excluding carboxylic acids is 1. The third kappa shape index (κ3) is 3.29. The molecule has 3 nitrogen and oxygen atoms in total. The normalized spacial score (nSPS) is 18.9. The van der Waals surface area contributed by atoms with E-state index in [1.165, 1.54) is 6.07 Å². The maximum atomic E-state index is 13.7. The van der Waals surface area contributed by atoms with E-state index in [1.807, 2.05) is 0 Å². The van der Waals surface area contributed by atoms with Gasteiger partial charge in [-0.1, -0.05) is 6.07 Å². The first-order chi connectivity index (χ1) is 8.68. The summed E-state index contributed by atoms with van der Waals surface area (Å²) >= 11 is 3.06. The van der Waals surface area contributed by atoms with Gasteiger partial charge in [0.15, 0.2) is 0 Å². The molecule has 0 saturated carbocycles. The quantitative estimate of drug-likeness (QED) is 0.927. The lowest BCUT2D eigenvalue weighted by atomic mass is 10.1. The van der Waals surface area contributed by atoms with E-state index in [0.29, 0.717) is 16.9 Å². The molecule has 1 aliphatic heterocycles. The van der Waals surface area contributed by atoms with Gasteiger partial charge in [-0.3, -0.25) is 4.79 Å². The lowest BCUT2D eigenvalue weighted by molar-refractivity contribution is 0.0946. The van der Waals surface area contributed by atoms with E-state index in [4.69, 9.17) is 4.74 Å². The zero-order chi connectivity index (χ0) is 13.0. The van der Waals surface area contributed by atoms with Crippen molar-refractivity contribution >= 4 is 21.8 Å². The van der Waals surface area contributed by atoms with E-state index < -0.39 is 5.82 Å². The standard InChI is InChI=1S/C13H15BrFNO2/c14-11-3-1-2-10(12(11)15)13(17)16-6-4-9-5-7-18-8-9/h1-3,9H,4-8H2,(H,16,17). The van der Waals surface area contributed by atoms with Crippen LogP contribution in [0.25, 0.3) is 0 Å². The minimum Gasteiger partial charge on any atom is -0.381 e. The van der Waals surface area contributed by atoms with Gasteiger partial charge in [-0.15, -0.1) is 0 Å². The molecule has 1 aliphatic rings. The molecule has 1 N–H and O–H groups in total. The van der Waals surface area contributed by atoms with Crippen LogP contribution in [0.15, 0.2) is 22.7 Å². The SMILES string of the molecule is O=C(NCCC1CCOC1)c1cccc(Br)c1F. The highest BCUT2D eigenvalue weighted by atomic mass is 79.9. The van der Waals surface area contributed by atoms with E-state index in [9.17, 15) is 9.18 Å². The van der Waals surface area contributed by atoms with Gasteiger partial charge in [0.05, 0.1) is 10.0 Å². The van der Waals surface area contributed by atoms with Crippen molar-refractivity contribution in [3.63, 3.8) is 0 Å². The lowest BCUT2D eigenvalue weighted by Crippen LogP contribution is -2.27. The van der Waals surface area contributed by atoms with Crippen LogP contribution in [-0.4, -0.2) is 25.7 Å². The van der Waals surface area contributed by atoms with Gasteiger partial charge in [0.2, 0.25) is 0 Å². The van der Waals surface area contributed by atoms with Crippen LogP contribution in [0.2, 0.25) is 0 Å². The van der Waals surface area contributed by atoms with Gasteiger partial charge in [-0.05, 0) is 46.8 Å². The Hall–Kier alpha value is -0.940. The number of rotatable bonds is 4. The van der Waals surface area contributed by atoms with Crippen molar-refractivity contribution in [3.8, 4) is 0 Å². The van der Waals surface area contributed by atoms with Gasteiger partial charge in [0.1, 0.15) is 5.82 Å². The summed E-state index contributed by atoms with van der Waals surface area (Å²) in [6.45, 7) is 2.12. The van der Waals surface area contributed by atoms with Crippen LogP contribution in [0.4, 0.5) is 4.39 Å². The Morgan fingerprint density at radius 2 is 2.39 bits per heavy atom. The fourth-order valence-corrected chi connectivity index (χ4v) is 2.34. The number of ether oxygens (including phenoxy) is 1. The van der Waals surface area contributed by atoms with Crippen LogP contribution in [0.5, 0.6) is 0 Å². The third-order valence-electron chi connectivity index (χ3n) is 3.06. The van der Waals surface area contributed by atoms with E-state index in [2.05, 4.69) is 21.2 Å². The maximum absolute atomic E-state index is 13.7. The summed E-state index contributed by atoms with van der Waals surface area (Å²) in [6, 6.07) is 4.70.